The van der Waals surface area contributed by atoms with Gasteiger partial charge in [-0.2, -0.15) is 0 Å². The smallest absolute Gasteiger partial charge is 0.309 e. The van der Waals surface area contributed by atoms with Crippen molar-refractivity contribution >= 4 is 11.8 Å². The SMILES string of the molecule is O=C(NCCCO)C(=O)NC1CCCCCC1. The average molecular weight is 242 g/mol. The highest BCUT2D eigenvalue weighted by atomic mass is 16.3. The summed E-state index contributed by atoms with van der Waals surface area (Å²) < 4.78 is 0. The van der Waals surface area contributed by atoms with Crippen LogP contribution < -0.4 is 10.6 Å². The van der Waals surface area contributed by atoms with E-state index in [1.165, 1.54) is 12.8 Å². The Morgan fingerprint density at radius 1 is 1.06 bits per heavy atom. The normalized spacial score (nSPS) is 17.2. The van der Waals surface area contributed by atoms with Gasteiger partial charge in [0.15, 0.2) is 0 Å². The highest BCUT2D eigenvalue weighted by Crippen LogP contribution is 2.16. The zero-order valence-electron chi connectivity index (χ0n) is 10.2. The van der Waals surface area contributed by atoms with E-state index < -0.39 is 11.8 Å². The predicted molar refractivity (Wildman–Crippen MR) is 64.3 cm³/mol. The fraction of sp³-hybridized carbons (Fsp3) is 0.833. The van der Waals surface area contributed by atoms with Crippen LogP contribution in [0.1, 0.15) is 44.9 Å². The topological polar surface area (TPSA) is 78.4 Å². The van der Waals surface area contributed by atoms with Crippen molar-refractivity contribution in [1.82, 2.24) is 10.6 Å². The lowest BCUT2D eigenvalue weighted by molar-refractivity contribution is -0.139. The van der Waals surface area contributed by atoms with Gasteiger partial charge in [-0.15, -0.1) is 0 Å². The quantitative estimate of drug-likeness (QED) is 0.377. The molecular formula is C12H22N2O3. The summed E-state index contributed by atoms with van der Waals surface area (Å²) in [5.41, 5.74) is 0. The Bertz CT molecular complexity index is 248. The van der Waals surface area contributed by atoms with E-state index in [-0.39, 0.29) is 12.6 Å². The number of carbonyl (C=O) groups excluding carboxylic acids is 2. The Labute approximate surface area is 102 Å². The van der Waals surface area contributed by atoms with Crippen LogP contribution in [-0.4, -0.2) is 36.1 Å². The maximum Gasteiger partial charge on any atom is 0.309 e. The van der Waals surface area contributed by atoms with Crippen LogP contribution in [0.25, 0.3) is 0 Å². The Balaban J connectivity index is 2.24. The predicted octanol–water partition coefficient (Wildman–Crippen LogP) is 0.324. The highest BCUT2D eigenvalue weighted by molar-refractivity contribution is 6.35. The summed E-state index contributed by atoms with van der Waals surface area (Å²) in [7, 11) is 0. The molecule has 0 aromatic rings. The van der Waals surface area contributed by atoms with Crippen LogP contribution in [0.2, 0.25) is 0 Å². The molecule has 3 N–H and O–H groups in total. The molecule has 0 aromatic carbocycles. The zero-order valence-corrected chi connectivity index (χ0v) is 10.2. The summed E-state index contributed by atoms with van der Waals surface area (Å²) in [5, 5.41) is 13.8. The molecule has 5 heteroatoms. The molecule has 1 aliphatic rings. The van der Waals surface area contributed by atoms with Crippen molar-refractivity contribution in [3.8, 4) is 0 Å². The Morgan fingerprint density at radius 3 is 2.29 bits per heavy atom. The third kappa shape index (κ3) is 5.68. The molecule has 0 bridgehead atoms. The monoisotopic (exact) mass is 242 g/mol. The minimum absolute atomic E-state index is 0.0184. The Morgan fingerprint density at radius 2 is 1.71 bits per heavy atom. The summed E-state index contributed by atoms with van der Waals surface area (Å²) in [4.78, 5) is 22.9. The number of hydrogen-bond acceptors (Lipinski definition) is 3. The molecule has 98 valence electrons. The first-order valence-corrected chi connectivity index (χ1v) is 6.43. The Kier molecular flexibility index (Phi) is 6.62. The van der Waals surface area contributed by atoms with Crippen LogP contribution in [0.3, 0.4) is 0 Å². The van der Waals surface area contributed by atoms with E-state index in [4.69, 9.17) is 5.11 Å². The van der Waals surface area contributed by atoms with Crippen LogP contribution in [0.5, 0.6) is 0 Å². The van der Waals surface area contributed by atoms with Crippen LogP contribution in [0, 0.1) is 0 Å². The van der Waals surface area contributed by atoms with Gasteiger partial charge in [-0.05, 0) is 19.3 Å². The van der Waals surface area contributed by atoms with Gasteiger partial charge in [0.1, 0.15) is 0 Å². The maximum atomic E-state index is 11.5. The molecule has 17 heavy (non-hydrogen) atoms. The first-order valence-electron chi connectivity index (χ1n) is 6.43. The van der Waals surface area contributed by atoms with Crippen LogP contribution in [0.4, 0.5) is 0 Å². The lowest BCUT2D eigenvalue weighted by Crippen LogP contribution is -2.44. The van der Waals surface area contributed by atoms with E-state index in [0.717, 1.165) is 25.7 Å². The van der Waals surface area contributed by atoms with E-state index in [0.29, 0.717) is 13.0 Å². The van der Waals surface area contributed by atoms with Crippen molar-refractivity contribution in [2.45, 2.75) is 51.0 Å². The van der Waals surface area contributed by atoms with Crippen molar-refractivity contribution in [2.75, 3.05) is 13.2 Å². The number of amides is 2. The molecule has 5 nitrogen and oxygen atoms in total. The van der Waals surface area contributed by atoms with Crippen molar-refractivity contribution in [2.24, 2.45) is 0 Å². The molecule has 0 unspecified atom stereocenters. The Hall–Kier alpha value is -1.10. The third-order valence-electron chi connectivity index (χ3n) is 3.02. The summed E-state index contributed by atoms with van der Waals surface area (Å²) in [6.07, 6.45) is 7.09. The first-order chi connectivity index (χ1) is 8.24. The summed E-state index contributed by atoms with van der Waals surface area (Å²) >= 11 is 0. The van der Waals surface area contributed by atoms with E-state index in [1.54, 1.807) is 0 Å². The molecule has 0 radical (unpaired) electrons. The second-order valence-corrected chi connectivity index (χ2v) is 4.50. The molecule has 1 saturated carbocycles. The minimum atomic E-state index is -0.595. The van der Waals surface area contributed by atoms with Gasteiger partial charge in [-0.25, -0.2) is 0 Å². The second-order valence-electron chi connectivity index (χ2n) is 4.50. The van der Waals surface area contributed by atoms with Crippen LogP contribution in [0.15, 0.2) is 0 Å². The number of aliphatic hydroxyl groups is 1. The molecule has 0 aromatic heterocycles. The molecule has 2 amide bonds. The van der Waals surface area contributed by atoms with Gasteiger partial charge in [-0.3, -0.25) is 9.59 Å². The van der Waals surface area contributed by atoms with Crippen LogP contribution >= 0.6 is 0 Å². The second kappa shape index (κ2) is 8.06. The molecule has 0 heterocycles. The van der Waals surface area contributed by atoms with Gasteiger partial charge < -0.3 is 15.7 Å². The molecule has 1 aliphatic carbocycles. The fourth-order valence-electron chi connectivity index (χ4n) is 2.04. The number of hydrogen-bond donors (Lipinski definition) is 3. The third-order valence-corrected chi connectivity index (χ3v) is 3.02. The summed E-state index contributed by atoms with van der Waals surface area (Å²) in [5.74, 6) is -1.14. The van der Waals surface area contributed by atoms with E-state index in [2.05, 4.69) is 10.6 Å². The van der Waals surface area contributed by atoms with Gasteiger partial charge >= 0.3 is 11.8 Å². The lowest BCUT2D eigenvalue weighted by atomic mass is 10.1. The lowest BCUT2D eigenvalue weighted by Gasteiger charge is -2.15. The van der Waals surface area contributed by atoms with Gasteiger partial charge in [-0.1, -0.05) is 25.7 Å². The van der Waals surface area contributed by atoms with Crippen molar-refractivity contribution in [3.05, 3.63) is 0 Å². The first kappa shape index (κ1) is 14.0. The largest absolute Gasteiger partial charge is 0.396 e. The molecule has 0 saturated heterocycles. The van der Waals surface area contributed by atoms with Gasteiger partial charge in [0.2, 0.25) is 0 Å². The molecule has 1 rings (SSSR count). The molecule has 1 fully saturated rings. The number of nitrogens with one attached hydrogen (secondary N) is 2. The number of rotatable bonds is 4. The van der Waals surface area contributed by atoms with Gasteiger partial charge in [0.05, 0.1) is 0 Å². The van der Waals surface area contributed by atoms with E-state index >= 15 is 0 Å². The highest BCUT2D eigenvalue weighted by Gasteiger charge is 2.19. The van der Waals surface area contributed by atoms with Crippen LogP contribution in [-0.2, 0) is 9.59 Å². The summed E-state index contributed by atoms with van der Waals surface area (Å²) in [6.45, 7) is 0.359. The average Bonchev–Trinajstić information content (AvgIpc) is 2.57. The maximum absolute atomic E-state index is 11.5. The van der Waals surface area contributed by atoms with Crippen molar-refractivity contribution in [1.29, 1.82) is 0 Å². The minimum Gasteiger partial charge on any atom is -0.396 e. The standard InChI is InChI=1S/C12H22N2O3/c15-9-5-8-13-11(16)12(17)14-10-6-3-1-2-4-7-10/h10,15H,1-9H2,(H,13,16)(H,14,17). The zero-order chi connectivity index (χ0) is 12.5. The van der Waals surface area contributed by atoms with Gasteiger partial charge in [0.25, 0.3) is 0 Å². The number of carbonyl (C=O) groups is 2. The van der Waals surface area contributed by atoms with Crippen molar-refractivity contribution in [3.63, 3.8) is 0 Å². The fourth-order valence-corrected chi connectivity index (χ4v) is 2.04. The van der Waals surface area contributed by atoms with E-state index in [1.807, 2.05) is 0 Å². The molecule has 0 atom stereocenters. The molecule has 0 aliphatic heterocycles. The summed E-state index contributed by atoms with van der Waals surface area (Å²) in [6, 6.07) is 0.147. The van der Waals surface area contributed by atoms with Crippen molar-refractivity contribution < 1.29 is 14.7 Å². The number of aliphatic hydroxyl groups excluding tert-OH is 1. The molecular weight excluding hydrogens is 220 g/mol. The van der Waals surface area contributed by atoms with Gasteiger partial charge in [0, 0.05) is 19.2 Å². The molecule has 0 spiro atoms. The van der Waals surface area contributed by atoms with E-state index in [9.17, 15) is 9.59 Å².